The molecule has 2 saturated heterocycles. The van der Waals surface area contributed by atoms with Gasteiger partial charge in [0.05, 0.1) is 12.9 Å². The topological polar surface area (TPSA) is 72.9 Å². The second-order valence-corrected chi connectivity index (χ2v) is 8.39. The summed E-state index contributed by atoms with van der Waals surface area (Å²) in [6, 6.07) is 0.520. The molecule has 0 aromatic rings. The van der Waals surface area contributed by atoms with Crippen molar-refractivity contribution in [3.63, 3.8) is 0 Å². The highest BCUT2D eigenvalue weighted by atomic mass is 32.2. The van der Waals surface area contributed by atoms with Gasteiger partial charge in [-0.25, -0.2) is 12.7 Å². The van der Waals surface area contributed by atoms with E-state index in [0.29, 0.717) is 31.6 Å². The Kier molecular flexibility index (Phi) is 6.43. The highest BCUT2D eigenvalue weighted by molar-refractivity contribution is 7.88. The first-order chi connectivity index (χ1) is 9.99. The van der Waals surface area contributed by atoms with Gasteiger partial charge >= 0.3 is 0 Å². The Balaban J connectivity index is 1.86. The Morgan fingerprint density at radius 2 is 2.10 bits per heavy atom. The SMILES string of the molecule is CS(=O)(=O)N1CCCC(CN(CCO)CC2CCCN2)C1. The van der Waals surface area contributed by atoms with Gasteiger partial charge in [-0.15, -0.1) is 0 Å². The van der Waals surface area contributed by atoms with E-state index in [9.17, 15) is 13.5 Å². The maximum atomic E-state index is 11.7. The molecule has 0 aromatic carbocycles. The van der Waals surface area contributed by atoms with Gasteiger partial charge in [0.15, 0.2) is 0 Å². The quantitative estimate of drug-likeness (QED) is 0.674. The maximum Gasteiger partial charge on any atom is 0.211 e. The normalized spacial score (nSPS) is 28.3. The molecular formula is C14H29N3O3S. The van der Waals surface area contributed by atoms with E-state index in [4.69, 9.17) is 0 Å². The fourth-order valence-corrected chi connectivity index (χ4v) is 4.41. The summed E-state index contributed by atoms with van der Waals surface area (Å²) >= 11 is 0. The van der Waals surface area contributed by atoms with Gasteiger partial charge in [0, 0.05) is 38.8 Å². The average Bonchev–Trinajstić information content (AvgIpc) is 2.91. The minimum atomic E-state index is -3.08. The van der Waals surface area contributed by atoms with Crippen molar-refractivity contribution >= 4 is 10.0 Å². The predicted octanol–water partition coefficient (Wildman–Crippen LogP) is -0.296. The molecule has 2 fully saturated rings. The molecule has 2 N–H and O–H groups in total. The van der Waals surface area contributed by atoms with Crippen LogP contribution in [0.15, 0.2) is 0 Å². The fraction of sp³-hybridized carbons (Fsp3) is 1.00. The monoisotopic (exact) mass is 319 g/mol. The third kappa shape index (κ3) is 5.49. The second kappa shape index (κ2) is 7.87. The summed E-state index contributed by atoms with van der Waals surface area (Å²) in [4.78, 5) is 2.29. The van der Waals surface area contributed by atoms with Gasteiger partial charge in [0.25, 0.3) is 0 Å². The molecule has 0 bridgehead atoms. The third-order valence-electron chi connectivity index (χ3n) is 4.52. The number of hydrogen-bond acceptors (Lipinski definition) is 5. The van der Waals surface area contributed by atoms with E-state index < -0.39 is 10.0 Å². The van der Waals surface area contributed by atoms with E-state index in [-0.39, 0.29) is 6.61 Å². The number of nitrogens with zero attached hydrogens (tertiary/aromatic N) is 2. The Hall–Kier alpha value is -0.210. The van der Waals surface area contributed by atoms with Crippen LogP contribution in [0.3, 0.4) is 0 Å². The highest BCUT2D eigenvalue weighted by Gasteiger charge is 2.28. The van der Waals surface area contributed by atoms with Gasteiger partial charge in [-0.2, -0.15) is 0 Å². The minimum absolute atomic E-state index is 0.162. The number of nitrogens with one attached hydrogen (secondary N) is 1. The van der Waals surface area contributed by atoms with Gasteiger partial charge < -0.3 is 10.4 Å². The van der Waals surface area contributed by atoms with Crippen molar-refractivity contribution in [3.8, 4) is 0 Å². The summed E-state index contributed by atoms with van der Waals surface area (Å²) in [6.07, 6.45) is 5.73. The largest absolute Gasteiger partial charge is 0.395 e. The van der Waals surface area contributed by atoms with Crippen LogP contribution in [-0.4, -0.2) is 80.9 Å². The molecule has 2 aliphatic heterocycles. The van der Waals surface area contributed by atoms with Crippen LogP contribution in [-0.2, 0) is 10.0 Å². The third-order valence-corrected chi connectivity index (χ3v) is 5.79. The van der Waals surface area contributed by atoms with Crippen LogP contribution in [0.1, 0.15) is 25.7 Å². The Bertz CT molecular complexity index is 410. The lowest BCUT2D eigenvalue weighted by Gasteiger charge is -2.35. The summed E-state index contributed by atoms with van der Waals surface area (Å²) in [7, 11) is -3.08. The molecule has 0 saturated carbocycles. The standard InChI is InChI=1S/C14H29N3O3S/c1-21(19,20)17-7-3-4-13(11-17)10-16(8-9-18)12-14-5-2-6-15-14/h13-15,18H,2-12H2,1H3. The smallest absolute Gasteiger partial charge is 0.211 e. The lowest BCUT2D eigenvalue weighted by atomic mass is 9.98. The zero-order chi connectivity index (χ0) is 15.3. The Morgan fingerprint density at radius 3 is 2.71 bits per heavy atom. The van der Waals surface area contributed by atoms with Gasteiger partial charge in [-0.3, -0.25) is 4.90 Å². The number of sulfonamides is 1. The van der Waals surface area contributed by atoms with Crippen LogP contribution < -0.4 is 5.32 Å². The van der Waals surface area contributed by atoms with E-state index in [1.165, 1.54) is 19.1 Å². The summed E-state index contributed by atoms with van der Waals surface area (Å²) in [5.41, 5.74) is 0. The van der Waals surface area contributed by atoms with E-state index >= 15 is 0 Å². The van der Waals surface area contributed by atoms with Crippen molar-refractivity contribution < 1.29 is 13.5 Å². The zero-order valence-corrected chi connectivity index (χ0v) is 13.8. The van der Waals surface area contributed by atoms with Crippen LogP contribution in [0.5, 0.6) is 0 Å². The Labute approximate surface area is 128 Å². The molecule has 21 heavy (non-hydrogen) atoms. The van der Waals surface area contributed by atoms with Crippen molar-refractivity contribution in [2.45, 2.75) is 31.7 Å². The molecule has 124 valence electrons. The maximum absolute atomic E-state index is 11.7. The van der Waals surface area contributed by atoms with E-state index in [0.717, 1.165) is 32.5 Å². The van der Waals surface area contributed by atoms with E-state index in [2.05, 4.69) is 10.2 Å². The first-order valence-electron chi connectivity index (χ1n) is 8.00. The van der Waals surface area contributed by atoms with Gasteiger partial charge in [-0.1, -0.05) is 0 Å². The van der Waals surface area contributed by atoms with Crippen LogP contribution in [0.2, 0.25) is 0 Å². The molecule has 0 aromatic heterocycles. The molecule has 0 radical (unpaired) electrons. The molecule has 2 rings (SSSR count). The molecule has 2 heterocycles. The summed E-state index contributed by atoms with van der Waals surface area (Å²) in [5, 5.41) is 12.7. The average molecular weight is 319 g/mol. The molecule has 0 amide bonds. The van der Waals surface area contributed by atoms with Crippen molar-refractivity contribution in [1.82, 2.24) is 14.5 Å². The molecule has 2 unspecified atom stereocenters. The van der Waals surface area contributed by atoms with Gasteiger partial charge in [-0.05, 0) is 38.1 Å². The van der Waals surface area contributed by atoms with Crippen LogP contribution in [0.25, 0.3) is 0 Å². The van der Waals surface area contributed by atoms with Crippen LogP contribution in [0.4, 0.5) is 0 Å². The number of hydrogen-bond donors (Lipinski definition) is 2. The van der Waals surface area contributed by atoms with Crippen molar-refractivity contribution in [3.05, 3.63) is 0 Å². The van der Waals surface area contributed by atoms with E-state index in [1.807, 2.05) is 0 Å². The first-order valence-corrected chi connectivity index (χ1v) is 9.85. The highest BCUT2D eigenvalue weighted by Crippen LogP contribution is 2.20. The molecule has 0 spiro atoms. The number of aliphatic hydroxyl groups excluding tert-OH is 1. The van der Waals surface area contributed by atoms with Crippen molar-refractivity contribution in [1.29, 1.82) is 0 Å². The number of piperidine rings is 1. The minimum Gasteiger partial charge on any atom is -0.395 e. The van der Waals surface area contributed by atoms with Crippen molar-refractivity contribution in [2.24, 2.45) is 5.92 Å². The second-order valence-electron chi connectivity index (χ2n) is 6.41. The van der Waals surface area contributed by atoms with Crippen LogP contribution >= 0.6 is 0 Å². The summed E-state index contributed by atoms with van der Waals surface area (Å²) in [5.74, 6) is 0.376. The lowest BCUT2D eigenvalue weighted by Crippen LogP contribution is -2.46. The summed E-state index contributed by atoms with van der Waals surface area (Å²) < 4.78 is 25.0. The van der Waals surface area contributed by atoms with Gasteiger partial charge in [0.2, 0.25) is 10.0 Å². The van der Waals surface area contributed by atoms with E-state index in [1.54, 1.807) is 4.31 Å². The molecule has 7 heteroatoms. The van der Waals surface area contributed by atoms with Crippen molar-refractivity contribution in [2.75, 3.05) is 52.1 Å². The molecule has 6 nitrogen and oxygen atoms in total. The van der Waals surface area contributed by atoms with Crippen LogP contribution in [0, 0.1) is 5.92 Å². The lowest BCUT2D eigenvalue weighted by molar-refractivity contribution is 0.141. The molecule has 2 aliphatic rings. The molecular weight excluding hydrogens is 290 g/mol. The number of rotatable bonds is 7. The fourth-order valence-electron chi connectivity index (χ4n) is 3.47. The summed E-state index contributed by atoms with van der Waals surface area (Å²) in [6.45, 7) is 5.03. The predicted molar refractivity (Wildman–Crippen MR) is 83.7 cm³/mol. The Morgan fingerprint density at radius 1 is 1.29 bits per heavy atom. The molecule has 0 aliphatic carbocycles. The molecule has 2 atom stereocenters. The number of aliphatic hydroxyl groups is 1. The zero-order valence-electron chi connectivity index (χ0n) is 13.0. The van der Waals surface area contributed by atoms with Gasteiger partial charge in [0.1, 0.15) is 0 Å². The first kappa shape index (κ1) is 17.1.